The number of aliphatic hydroxyl groups excluding tert-OH is 1. The fourth-order valence-corrected chi connectivity index (χ4v) is 2.34. The molecular formula is C14H26N4O4. The number of terminal acetylenes is 1. The average Bonchev–Trinajstić information content (AvgIpc) is 2.79. The first-order valence-corrected chi connectivity index (χ1v) is 7.05. The highest BCUT2D eigenvalue weighted by Crippen LogP contribution is 2.31. The van der Waals surface area contributed by atoms with Crippen LogP contribution in [0.2, 0.25) is 0 Å². The van der Waals surface area contributed by atoms with Crippen LogP contribution in [0.4, 0.5) is 4.79 Å². The van der Waals surface area contributed by atoms with Crippen LogP contribution in [0.1, 0.15) is 20.8 Å². The molecule has 4 N–H and O–H groups in total. The predicted octanol–water partition coefficient (Wildman–Crippen LogP) is -0.788. The summed E-state index contributed by atoms with van der Waals surface area (Å²) in [6, 6.07) is -0.829. The number of ether oxygens (including phenoxy) is 2. The maximum atomic E-state index is 12.6. The summed E-state index contributed by atoms with van der Waals surface area (Å²) in [4.78, 5) is 13.9. The van der Waals surface area contributed by atoms with Crippen LogP contribution >= 0.6 is 0 Å². The van der Waals surface area contributed by atoms with Gasteiger partial charge in [-0.05, 0) is 41.9 Å². The van der Waals surface area contributed by atoms with Crippen LogP contribution in [0, 0.1) is 12.3 Å². The molecule has 1 rings (SSSR count). The lowest BCUT2D eigenvalue weighted by Crippen LogP contribution is -2.68. The molecule has 1 aliphatic rings. The van der Waals surface area contributed by atoms with E-state index in [-0.39, 0.29) is 0 Å². The SMILES string of the molecule is C#C[C@@H](O)[C@@H]1[C@H](NC)OC(NC)(NC)N1C(=O)OC(C)(C)C. The fraction of sp³-hybridized carbons (Fsp3) is 0.786. The monoisotopic (exact) mass is 314 g/mol. The zero-order valence-corrected chi connectivity index (χ0v) is 13.9. The summed E-state index contributed by atoms with van der Waals surface area (Å²) < 4.78 is 11.2. The molecule has 126 valence electrons. The number of nitrogens with one attached hydrogen (secondary N) is 3. The normalized spacial score (nSPS) is 25.6. The van der Waals surface area contributed by atoms with E-state index >= 15 is 0 Å². The standard InChI is InChI=1S/C14H26N4O4/c1-8-9(19)10-11(15-5)21-14(16-6,17-7)18(10)12(20)22-13(2,3)4/h1,9-11,15-17,19H,2-7H3/t9-,10-,11-/m1/s1. The Morgan fingerprint density at radius 1 is 1.41 bits per heavy atom. The first kappa shape index (κ1) is 18.7. The van der Waals surface area contributed by atoms with Crippen molar-refractivity contribution in [3.05, 3.63) is 0 Å². The molecule has 0 bridgehead atoms. The van der Waals surface area contributed by atoms with Crippen LogP contribution in [-0.2, 0) is 9.47 Å². The van der Waals surface area contributed by atoms with Crippen LogP contribution in [0.25, 0.3) is 0 Å². The van der Waals surface area contributed by atoms with E-state index in [1.807, 2.05) is 0 Å². The molecule has 1 saturated heterocycles. The molecule has 1 aliphatic heterocycles. The topological polar surface area (TPSA) is 95.1 Å². The number of likely N-dealkylation sites (N-methyl/N-ethyl adjacent to an activating group) is 1. The molecule has 8 heteroatoms. The Bertz CT molecular complexity index is 439. The zero-order chi connectivity index (χ0) is 17.1. The van der Waals surface area contributed by atoms with Crippen molar-refractivity contribution in [1.29, 1.82) is 0 Å². The highest BCUT2D eigenvalue weighted by Gasteiger charge is 2.57. The smallest absolute Gasteiger partial charge is 0.415 e. The van der Waals surface area contributed by atoms with Crippen molar-refractivity contribution in [3.63, 3.8) is 0 Å². The third-order valence-corrected chi connectivity index (χ3v) is 3.29. The van der Waals surface area contributed by atoms with Crippen molar-refractivity contribution in [2.24, 2.45) is 0 Å². The summed E-state index contributed by atoms with van der Waals surface area (Å²) in [5.74, 6) is 0.887. The van der Waals surface area contributed by atoms with Gasteiger partial charge in [0, 0.05) is 0 Å². The summed E-state index contributed by atoms with van der Waals surface area (Å²) >= 11 is 0. The van der Waals surface area contributed by atoms with E-state index in [2.05, 4.69) is 21.9 Å². The maximum Gasteiger partial charge on any atom is 0.415 e. The summed E-state index contributed by atoms with van der Waals surface area (Å²) in [6.45, 7) is 5.26. The Balaban J connectivity index is 3.27. The molecule has 0 saturated carbocycles. The molecule has 1 fully saturated rings. The quantitative estimate of drug-likeness (QED) is 0.399. The van der Waals surface area contributed by atoms with E-state index in [0.29, 0.717) is 0 Å². The van der Waals surface area contributed by atoms with Crippen LogP contribution in [0.15, 0.2) is 0 Å². The molecule has 0 aliphatic carbocycles. The van der Waals surface area contributed by atoms with Gasteiger partial charge in [0.2, 0.25) is 0 Å². The number of carbonyl (C=O) groups excluding carboxylic acids is 1. The number of carbonyl (C=O) groups is 1. The van der Waals surface area contributed by atoms with Gasteiger partial charge in [0.1, 0.15) is 24.0 Å². The Kier molecular flexibility index (Phi) is 5.78. The Morgan fingerprint density at radius 2 is 1.95 bits per heavy atom. The number of nitrogens with zero attached hydrogens (tertiary/aromatic N) is 1. The Labute approximate surface area is 131 Å². The van der Waals surface area contributed by atoms with E-state index in [9.17, 15) is 9.90 Å². The molecule has 0 aromatic heterocycles. The summed E-state index contributed by atoms with van der Waals surface area (Å²) in [7, 11) is 4.88. The van der Waals surface area contributed by atoms with Gasteiger partial charge in [-0.3, -0.25) is 16.0 Å². The van der Waals surface area contributed by atoms with Gasteiger partial charge in [-0.1, -0.05) is 5.92 Å². The van der Waals surface area contributed by atoms with Crippen LogP contribution < -0.4 is 16.0 Å². The molecule has 8 nitrogen and oxygen atoms in total. The first-order chi connectivity index (χ1) is 10.2. The predicted molar refractivity (Wildman–Crippen MR) is 81.5 cm³/mol. The van der Waals surface area contributed by atoms with Gasteiger partial charge in [-0.15, -0.1) is 6.42 Å². The molecular weight excluding hydrogens is 288 g/mol. The lowest BCUT2D eigenvalue weighted by Gasteiger charge is -2.38. The van der Waals surface area contributed by atoms with Crippen LogP contribution in [0.3, 0.4) is 0 Å². The fourth-order valence-electron chi connectivity index (χ4n) is 2.34. The molecule has 0 spiro atoms. The molecule has 3 atom stereocenters. The lowest BCUT2D eigenvalue weighted by molar-refractivity contribution is -0.145. The first-order valence-electron chi connectivity index (χ1n) is 7.05. The number of aliphatic hydroxyl groups is 1. The minimum absolute atomic E-state index is 0.659. The molecule has 0 aromatic carbocycles. The van der Waals surface area contributed by atoms with E-state index in [1.165, 1.54) is 4.90 Å². The van der Waals surface area contributed by atoms with E-state index in [4.69, 9.17) is 15.9 Å². The second-order valence-electron chi connectivity index (χ2n) is 5.92. The number of hydrogen-bond donors (Lipinski definition) is 4. The Hall–Kier alpha value is -1.37. The van der Waals surface area contributed by atoms with Gasteiger partial charge in [0.25, 0.3) is 5.97 Å². The van der Waals surface area contributed by atoms with Gasteiger partial charge in [0.15, 0.2) is 0 Å². The van der Waals surface area contributed by atoms with E-state index in [1.54, 1.807) is 41.9 Å². The van der Waals surface area contributed by atoms with Crippen molar-refractivity contribution in [2.45, 2.75) is 50.7 Å². The highest BCUT2D eigenvalue weighted by molar-refractivity contribution is 5.70. The molecule has 1 amide bonds. The largest absolute Gasteiger partial charge is 0.444 e. The van der Waals surface area contributed by atoms with Crippen molar-refractivity contribution < 1.29 is 19.4 Å². The maximum absolute atomic E-state index is 12.6. The zero-order valence-electron chi connectivity index (χ0n) is 13.9. The minimum atomic E-state index is -1.35. The van der Waals surface area contributed by atoms with Crippen molar-refractivity contribution in [1.82, 2.24) is 20.9 Å². The van der Waals surface area contributed by atoms with Crippen molar-refractivity contribution in [3.8, 4) is 12.3 Å². The number of amides is 1. The Morgan fingerprint density at radius 3 is 2.32 bits per heavy atom. The summed E-state index contributed by atoms with van der Waals surface area (Å²) in [6.07, 6.45) is 2.76. The van der Waals surface area contributed by atoms with Gasteiger partial charge < -0.3 is 14.6 Å². The molecule has 22 heavy (non-hydrogen) atoms. The molecule has 1 heterocycles. The van der Waals surface area contributed by atoms with Crippen molar-refractivity contribution >= 4 is 6.09 Å². The summed E-state index contributed by atoms with van der Waals surface area (Å²) in [5.41, 5.74) is -0.701. The second-order valence-corrected chi connectivity index (χ2v) is 5.92. The average molecular weight is 314 g/mol. The highest BCUT2D eigenvalue weighted by atomic mass is 16.6. The van der Waals surface area contributed by atoms with E-state index < -0.39 is 36.0 Å². The third-order valence-electron chi connectivity index (χ3n) is 3.29. The third kappa shape index (κ3) is 3.51. The number of rotatable bonds is 4. The van der Waals surface area contributed by atoms with Gasteiger partial charge in [-0.2, -0.15) is 0 Å². The van der Waals surface area contributed by atoms with Gasteiger partial charge in [-0.25, -0.2) is 9.69 Å². The van der Waals surface area contributed by atoms with Crippen LogP contribution in [-0.4, -0.2) is 67.2 Å². The summed E-state index contributed by atoms with van der Waals surface area (Å²) in [5, 5.41) is 18.8. The minimum Gasteiger partial charge on any atom is -0.444 e. The molecule has 0 unspecified atom stereocenters. The van der Waals surface area contributed by atoms with Crippen LogP contribution in [0.5, 0.6) is 0 Å². The lowest BCUT2D eigenvalue weighted by atomic mass is 10.1. The molecule has 0 radical (unpaired) electrons. The van der Waals surface area contributed by atoms with E-state index in [0.717, 1.165) is 0 Å². The van der Waals surface area contributed by atoms with Gasteiger partial charge >= 0.3 is 6.09 Å². The molecule has 0 aromatic rings. The van der Waals surface area contributed by atoms with Gasteiger partial charge in [0.05, 0.1) is 0 Å². The number of hydrogen-bond acceptors (Lipinski definition) is 7. The second kappa shape index (κ2) is 6.81. The van der Waals surface area contributed by atoms with Crippen molar-refractivity contribution in [2.75, 3.05) is 21.1 Å².